The number of carboxylic acids is 1. The van der Waals surface area contributed by atoms with E-state index in [2.05, 4.69) is 124 Å². The molecule has 5 aliphatic carbocycles. The maximum Gasteiger partial charge on any atom is 0.310 e. The predicted molar refractivity (Wildman–Crippen MR) is 408 cm³/mol. The molecule has 10 aliphatic rings. The van der Waals surface area contributed by atoms with Crippen LogP contribution in [0.15, 0.2) is 34.6 Å². The van der Waals surface area contributed by atoms with Crippen molar-refractivity contribution in [2.75, 3.05) is 54.0 Å². The second-order valence-corrected chi connectivity index (χ2v) is 36.9. The SMILES string of the molecule is CC(=O)CC[C@@H](O)Oc1c(C)c(C)c2c(c1C)CC[C@@](C)(CCC[C@H](C)CCC[C@H](C)CCCC(C)C)O2.C[C@H]1[C@H](C)CC[C@]2(C(=O)O)CC[C@]3(C)C(=CC[C@@H]4[C@@]5(C)CC[C@H](O)C(C)(C)[C@@H]5CC[C@]43C)[C@H]12.O=c1cccc2n1CC1CC2CN(c2nc(N3CCCC3)nc(N3CCCC3)n2)C1. The van der Waals surface area contributed by atoms with Crippen LogP contribution < -0.4 is 29.7 Å². The number of carbonyl (C=O) groups excluding carboxylic acids is 1. The van der Waals surface area contributed by atoms with Crippen molar-refractivity contribution in [3.8, 4) is 11.5 Å². The van der Waals surface area contributed by atoms with Crippen LogP contribution >= 0.6 is 0 Å². The molecule has 0 spiro atoms. The molecule has 3 aromatic rings. The van der Waals surface area contributed by atoms with Crippen molar-refractivity contribution in [2.45, 2.75) is 315 Å². The minimum atomic E-state index is -0.974. The van der Waals surface area contributed by atoms with Gasteiger partial charge in [-0.2, -0.15) is 15.0 Å². The number of fused-ring (bicyclic) bond motifs is 12. The summed E-state index contributed by atoms with van der Waals surface area (Å²) in [5, 5.41) is 31.8. The first-order valence-corrected chi connectivity index (χ1v) is 40.8. The molecule has 2 unspecified atom stereocenters. The first-order chi connectivity index (χ1) is 47.8. The first kappa shape index (κ1) is 77.1. The fourth-order valence-electron chi connectivity index (χ4n) is 22.5. The molecular formula is C86H135N7O8. The average molecular weight is 1400 g/mol. The molecule has 1 aromatic carbocycles. The van der Waals surface area contributed by atoms with E-state index in [9.17, 15) is 29.7 Å². The third-order valence-electron chi connectivity index (χ3n) is 29.4. The van der Waals surface area contributed by atoms with Gasteiger partial charge < -0.3 is 48.9 Å². The fraction of sp³-hybridized carbons (Fsp3) is 0.791. The van der Waals surface area contributed by atoms with Crippen molar-refractivity contribution < 1.29 is 34.4 Å². The average Bonchev–Trinajstić information content (AvgIpc) is 0.984. The number of ketones is 1. The van der Waals surface area contributed by atoms with Gasteiger partial charge in [0.05, 0.1) is 11.5 Å². The van der Waals surface area contributed by atoms with Gasteiger partial charge in [0.25, 0.3) is 5.56 Å². The summed E-state index contributed by atoms with van der Waals surface area (Å²) in [6.45, 7) is 43.2. The molecule has 562 valence electrons. The molecule has 4 saturated carbocycles. The van der Waals surface area contributed by atoms with Crippen molar-refractivity contribution >= 4 is 29.6 Å². The lowest BCUT2D eigenvalue weighted by Crippen LogP contribution is -2.65. The quantitative estimate of drug-likeness (QED) is 0.0676. The van der Waals surface area contributed by atoms with Crippen molar-refractivity contribution in [1.82, 2.24) is 19.5 Å². The first-order valence-electron chi connectivity index (χ1n) is 40.8. The Bertz CT molecular complexity index is 3450. The van der Waals surface area contributed by atoms with Crippen LogP contribution in [0.5, 0.6) is 11.5 Å². The molecule has 2 bridgehead atoms. The maximum absolute atomic E-state index is 12.8. The van der Waals surface area contributed by atoms with Gasteiger partial charge in [0, 0.05) is 81.9 Å². The van der Waals surface area contributed by atoms with Gasteiger partial charge in [0.2, 0.25) is 17.8 Å². The number of rotatable bonds is 21. The summed E-state index contributed by atoms with van der Waals surface area (Å²) in [5.74, 6) is 9.42. The minimum Gasteiger partial charge on any atom is -0.487 e. The molecule has 7 heterocycles. The normalized spacial score (nSPS) is 33.1. The Balaban J connectivity index is 0.000000153. The lowest BCUT2D eigenvalue weighted by atomic mass is 9.33. The Morgan fingerprint density at radius 3 is 1.95 bits per heavy atom. The van der Waals surface area contributed by atoms with Crippen LogP contribution in [0, 0.1) is 101 Å². The molecule has 0 radical (unpaired) electrons. The Morgan fingerprint density at radius 1 is 0.703 bits per heavy atom. The summed E-state index contributed by atoms with van der Waals surface area (Å²) in [6, 6.07) is 5.69. The molecule has 0 amide bonds. The predicted octanol–water partition coefficient (Wildman–Crippen LogP) is 18.1. The topological polar surface area (TPSA) is 184 Å². The van der Waals surface area contributed by atoms with Crippen molar-refractivity contribution in [3.05, 3.63) is 68.1 Å². The van der Waals surface area contributed by atoms with Crippen LogP contribution in [0.1, 0.15) is 291 Å². The summed E-state index contributed by atoms with van der Waals surface area (Å²) in [5.41, 5.74) is 6.99. The van der Waals surface area contributed by atoms with E-state index in [0.29, 0.717) is 48.3 Å². The van der Waals surface area contributed by atoms with Crippen LogP contribution in [-0.4, -0.2) is 104 Å². The number of anilines is 3. The molecule has 7 fully saturated rings. The molecule has 15 nitrogen and oxygen atoms in total. The summed E-state index contributed by atoms with van der Waals surface area (Å²) in [7, 11) is 0. The zero-order chi connectivity index (χ0) is 72.7. The number of Topliss-reactive ketones (excluding diaryl/α,β-unsaturated/α-hetero) is 1. The number of aliphatic hydroxyl groups excluding tert-OH is 2. The Kier molecular flexibility index (Phi) is 23.8. The number of hydrogen-bond donors (Lipinski definition) is 3. The van der Waals surface area contributed by atoms with E-state index in [1.54, 1.807) is 13.0 Å². The second-order valence-electron chi connectivity index (χ2n) is 36.9. The third-order valence-corrected chi connectivity index (χ3v) is 29.4. The summed E-state index contributed by atoms with van der Waals surface area (Å²) >= 11 is 0. The number of aromatic nitrogens is 4. The van der Waals surface area contributed by atoms with Gasteiger partial charge in [-0.3, -0.25) is 9.59 Å². The molecule has 15 heteroatoms. The van der Waals surface area contributed by atoms with Crippen LogP contribution in [0.2, 0.25) is 0 Å². The minimum absolute atomic E-state index is 0.0302. The molecule has 3 saturated heterocycles. The standard InChI is InChI=1S/C34H58O4.C30H48O3.C22H29N7O/c1-23(2)13-10-14-24(3)15-11-16-25(4)17-12-21-34(9)22-20-30-29(8)32(27(6)28(7)33(30)38-34)37-31(36)19-18-26(5)35;1-18-10-15-30(25(32)33)17-16-28(6)20(24(30)19(18)2)8-9-22-27(5)13-12-23(31)26(3,4)21(27)11-14-29(22,28)7;30-19-7-5-6-18-17-12-16(14-29(18)19)13-28(15-17)22-24-20(26-8-1-2-9-26)23-21(25-22)27-10-3-4-11-27/h23-25,31,36H,10-22H2,1-9H3;8,18-19,21-24,31H,9-17H2,1-7H3,(H,32,33);5-7,16-17H,1-4,8-15H2/t24-,25-,31+,34-;18-,19+,21+,22-,23+,24+,27+,28-,29-,30+;/m11./s1. The van der Waals surface area contributed by atoms with Crippen molar-refractivity contribution in [1.29, 1.82) is 0 Å². The highest BCUT2D eigenvalue weighted by Gasteiger charge is 2.69. The summed E-state index contributed by atoms with van der Waals surface area (Å²) in [4.78, 5) is 58.1. The van der Waals surface area contributed by atoms with Gasteiger partial charge in [-0.15, -0.1) is 0 Å². The zero-order valence-electron chi connectivity index (χ0n) is 65.8. The summed E-state index contributed by atoms with van der Waals surface area (Å²) < 4.78 is 14.7. The van der Waals surface area contributed by atoms with Crippen molar-refractivity contribution in [3.63, 3.8) is 0 Å². The van der Waals surface area contributed by atoms with Gasteiger partial charge in [-0.1, -0.05) is 139 Å². The molecule has 16 atom stereocenters. The van der Waals surface area contributed by atoms with Gasteiger partial charge in [-0.25, -0.2) is 0 Å². The second kappa shape index (κ2) is 31.2. The number of pyridine rings is 1. The Morgan fingerprint density at radius 2 is 1.33 bits per heavy atom. The van der Waals surface area contributed by atoms with E-state index in [4.69, 9.17) is 24.4 Å². The zero-order valence-corrected chi connectivity index (χ0v) is 65.8. The van der Waals surface area contributed by atoms with E-state index >= 15 is 0 Å². The van der Waals surface area contributed by atoms with Crippen LogP contribution in [-0.2, 0) is 22.6 Å². The monoisotopic (exact) mass is 1390 g/mol. The van der Waals surface area contributed by atoms with Crippen LogP contribution in [0.25, 0.3) is 0 Å². The third kappa shape index (κ3) is 15.7. The van der Waals surface area contributed by atoms with Gasteiger partial charge >= 0.3 is 5.97 Å². The van der Waals surface area contributed by atoms with E-state index < -0.39 is 17.7 Å². The molecule has 3 N–H and O–H groups in total. The van der Waals surface area contributed by atoms with Gasteiger partial charge in [0.15, 0.2) is 6.29 Å². The number of ether oxygens (including phenoxy) is 2. The summed E-state index contributed by atoms with van der Waals surface area (Å²) in [6.07, 6.45) is 31.0. The van der Waals surface area contributed by atoms with E-state index in [-0.39, 0.29) is 50.6 Å². The number of allylic oxidation sites excluding steroid dienone is 2. The Labute approximate surface area is 609 Å². The highest BCUT2D eigenvalue weighted by molar-refractivity contribution is 5.77. The van der Waals surface area contributed by atoms with E-state index in [0.717, 1.165) is 186 Å². The molecule has 101 heavy (non-hydrogen) atoms. The maximum atomic E-state index is 12.8. The lowest BCUT2D eigenvalue weighted by Gasteiger charge is -2.71. The molecular weight excluding hydrogens is 1260 g/mol. The molecule has 2 aromatic heterocycles. The number of aliphatic carboxylic acids is 1. The number of benzene rings is 1. The number of piperidine rings is 1. The number of hydrogen-bond acceptors (Lipinski definition) is 13. The number of nitrogens with zero attached hydrogens (tertiary/aromatic N) is 7. The highest BCUT2D eigenvalue weighted by Crippen LogP contribution is 2.76. The Hall–Kier alpha value is -5.02. The van der Waals surface area contributed by atoms with Crippen molar-refractivity contribution in [2.24, 2.45) is 80.3 Å². The number of carbonyl (C=O) groups is 2. The van der Waals surface area contributed by atoms with Crippen LogP contribution in [0.3, 0.4) is 0 Å². The van der Waals surface area contributed by atoms with Crippen LogP contribution in [0.4, 0.5) is 17.8 Å². The van der Waals surface area contributed by atoms with E-state index in [1.165, 1.54) is 101 Å². The number of aliphatic hydroxyl groups is 2. The smallest absolute Gasteiger partial charge is 0.310 e. The van der Waals surface area contributed by atoms with Gasteiger partial charge in [-0.05, 0) is 248 Å². The largest absolute Gasteiger partial charge is 0.487 e. The lowest BCUT2D eigenvalue weighted by molar-refractivity contribution is -0.206. The molecule has 13 rings (SSSR count). The van der Waals surface area contributed by atoms with E-state index in [1.807, 2.05) is 17.6 Å². The molecule has 5 aliphatic heterocycles. The number of carboxylic acid groups (broad SMARTS) is 1. The fourth-order valence-corrected chi connectivity index (χ4v) is 22.5. The highest BCUT2D eigenvalue weighted by atomic mass is 16.6. The van der Waals surface area contributed by atoms with Gasteiger partial charge in [0.1, 0.15) is 22.9 Å².